The third kappa shape index (κ3) is 2.73. The van der Waals surface area contributed by atoms with E-state index >= 15 is 0 Å². The molecule has 19 heavy (non-hydrogen) atoms. The van der Waals surface area contributed by atoms with Gasteiger partial charge in [0.25, 0.3) is 5.91 Å². The van der Waals surface area contributed by atoms with Gasteiger partial charge in [0.2, 0.25) is 0 Å². The topological polar surface area (TPSA) is 43.8 Å². The fourth-order valence-electron chi connectivity index (χ4n) is 2.50. The van der Waals surface area contributed by atoms with Gasteiger partial charge in [0.15, 0.2) is 0 Å². The van der Waals surface area contributed by atoms with Crippen molar-refractivity contribution in [2.24, 2.45) is 0 Å². The van der Waals surface area contributed by atoms with E-state index in [1.54, 1.807) is 18.2 Å². The fraction of sp³-hybridized carbons (Fsp3) is 0.533. The Balaban J connectivity index is 2.17. The standard InChI is InChI=1S/C15H22N2O2/c1-10-5-6-13(7-14(10)18)15(19)17-8-11(2)16(4)12(3)9-17/h5-7,11-12,18H,8-9H2,1-4H3. The van der Waals surface area contributed by atoms with Crippen LogP contribution in [0.4, 0.5) is 0 Å². The first-order valence-corrected chi connectivity index (χ1v) is 6.71. The van der Waals surface area contributed by atoms with E-state index < -0.39 is 0 Å². The van der Waals surface area contributed by atoms with Crippen molar-refractivity contribution in [2.75, 3.05) is 20.1 Å². The average molecular weight is 262 g/mol. The summed E-state index contributed by atoms with van der Waals surface area (Å²) < 4.78 is 0. The Morgan fingerprint density at radius 3 is 2.37 bits per heavy atom. The first-order chi connectivity index (χ1) is 8.90. The Hall–Kier alpha value is -1.55. The number of hydrogen-bond acceptors (Lipinski definition) is 3. The van der Waals surface area contributed by atoms with Crippen molar-refractivity contribution >= 4 is 5.91 Å². The quantitative estimate of drug-likeness (QED) is 0.840. The van der Waals surface area contributed by atoms with E-state index in [0.717, 1.165) is 18.7 Å². The van der Waals surface area contributed by atoms with Crippen molar-refractivity contribution in [3.63, 3.8) is 0 Å². The number of rotatable bonds is 1. The first kappa shape index (κ1) is 13.9. The molecule has 1 saturated heterocycles. The van der Waals surface area contributed by atoms with Crippen LogP contribution in [0.5, 0.6) is 5.75 Å². The van der Waals surface area contributed by atoms with Gasteiger partial charge in [-0.2, -0.15) is 0 Å². The summed E-state index contributed by atoms with van der Waals surface area (Å²) in [6.45, 7) is 7.54. The summed E-state index contributed by atoms with van der Waals surface area (Å²) in [5.41, 5.74) is 1.35. The van der Waals surface area contributed by atoms with Crippen LogP contribution in [-0.4, -0.2) is 53.0 Å². The SMILES string of the molecule is Cc1ccc(C(=O)N2CC(C)N(C)C(C)C2)cc1O. The number of benzene rings is 1. The van der Waals surface area contributed by atoms with Gasteiger partial charge in [-0.05, 0) is 45.5 Å². The second-order valence-corrected chi connectivity index (χ2v) is 5.57. The molecule has 1 aliphatic heterocycles. The molecular weight excluding hydrogens is 240 g/mol. The lowest BCUT2D eigenvalue weighted by Crippen LogP contribution is -2.56. The molecule has 4 heteroatoms. The Morgan fingerprint density at radius 1 is 1.26 bits per heavy atom. The molecule has 1 N–H and O–H groups in total. The van der Waals surface area contributed by atoms with Gasteiger partial charge in [-0.25, -0.2) is 0 Å². The maximum atomic E-state index is 12.5. The lowest BCUT2D eigenvalue weighted by molar-refractivity contribution is 0.0414. The number of aryl methyl sites for hydroxylation is 1. The Labute approximate surface area is 114 Å². The van der Waals surface area contributed by atoms with Crippen LogP contribution in [0.3, 0.4) is 0 Å². The number of amides is 1. The van der Waals surface area contributed by atoms with Crippen LogP contribution in [-0.2, 0) is 0 Å². The van der Waals surface area contributed by atoms with Gasteiger partial charge in [0, 0.05) is 30.7 Å². The van der Waals surface area contributed by atoms with Crippen LogP contribution < -0.4 is 0 Å². The van der Waals surface area contributed by atoms with Gasteiger partial charge in [-0.3, -0.25) is 9.69 Å². The van der Waals surface area contributed by atoms with E-state index in [4.69, 9.17) is 0 Å². The highest BCUT2D eigenvalue weighted by Crippen LogP contribution is 2.21. The van der Waals surface area contributed by atoms with Crippen molar-refractivity contribution in [1.82, 2.24) is 9.80 Å². The van der Waals surface area contributed by atoms with E-state index in [2.05, 4.69) is 25.8 Å². The molecule has 1 aliphatic rings. The second kappa shape index (κ2) is 5.21. The highest BCUT2D eigenvalue weighted by Gasteiger charge is 2.29. The normalized spacial score (nSPS) is 24.5. The molecule has 1 heterocycles. The largest absolute Gasteiger partial charge is 0.508 e. The number of piperazine rings is 1. The predicted octanol–water partition coefficient (Wildman–Crippen LogP) is 1.87. The van der Waals surface area contributed by atoms with Crippen molar-refractivity contribution < 1.29 is 9.90 Å². The van der Waals surface area contributed by atoms with Crippen molar-refractivity contribution in [2.45, 2.75) is 32.9 Å². The summed E-state index contributed by atoms with van der Waals surface area (Å²) in [5, 5.41) is 9.71. The molecule has 2 atom stereocenters. The number of carbonyl (C=O) groups excluding carboxylic acids is 1. The molecule has 2 unspecified atom stereocenters. The molecule has 1 aromatic carbocycles. The number of carbonyl (C=O) groups is 1. The summed E-state index contributed by atoms with van der Waals surface area (Å²) >= 11 is 0. The summed E-state index contributed by atoms with van der Waals surface area (Å²) in [7, 11) is 2.09. The van der Waals surface area contributed by atoms with E-state index in [0.29, 0.717) is 17.6 Å². The van der Waals surface area contributed by atoms with Gasteiger partial charge in [-0.1, -0.05) is 6.07 Å². The van der Waals surface area contributed by atoms with E-state index in [-0.39, 0.29) is 11.7 Å². The second-order valence-electron chi connectivity index (χ2n) is 5.57. The maximum absolute atomic E-state index is 12.5. The number of hydrogen-bond donors (Lipinski definition) is 1. The van der Waals surface area contributed by atoms with Crippen LogP contribution in [0.1, 0.15) is 29.8 Å². The van der Waals surface area contributed by atoms with Gasteiger partial charge in [-0.15, -0.1) is 0 Å². The molecule has 104 valence electrons. The Bertz CT molecular complexity index is 475. The average Bonchev–Trinajstić information content (AvgIpc) is 2.37. The molecule has 0 radical (unpaired) electrons. The summed E-state index contributed by atoms with van der Waals surface area (Å²) in [5.74, 6) is 0.183. The van der Waals surface area contributed by atoms with E-state index in [9.17, 15) is 9.90 Å². The molecular formula is C15H22N2O2. The molecule has 0 bridgehead atoms. The van der Waals surface area contributed by atoms with Crippen LogP contribution in [0.15, 0.2) is 18.2 Å². The monoisotopic (exact) mass is 262 g/mol. The lowest BCUT2D eigenvalue weighted by Gasteiger charge is -2.42. The zero-order valence-electron chi connectivity index (χ0n) is 12.1. The number of likely N-dealkylation sites (N-methyl/N-ethyl adjacent to an activating group) is 1. The molecule has 0 aliphatic carbocycles. The zero-order chi connectivity index (χ0) is 14.2. The highest BCUT2D eigenvalue weighted by molar-refractivity contribution is 5.94. The molecule has 0 aromatic heterocycles. The van der Waals surface area contributed by atoms with Crippen LogP contribution in [0, 0.1) is 6.92 Å². The molecule has 0 spiro atoms. The van der Waals surface area contributed by atoms with Crippen LogP contribution >= 0.6 is 0 Å². The minimum Gasteiger partial charge on any atom is -0.508 e. The zero-order valence-corrected chi connectivity index (χ0v) is 12.1. The van der Waals surface area contributed by atoms with Crippen molar-refractivity contribution in [3.8, 4) is 5.75 Å². The predicted molar refractivity (Wildman–Crippen MR) is 75.4 cm³/mol. The summed E-state index contributed by atoms with van der Waals surface area (Å²) in [6.07, 6.45) is 0. The number of aromatic hydroxyl groups is 1. The van der Waals surface area contributed by atoms with E-state index in [1.807, 2.05) is 11.8 Å². The fourth-order valence-corrected chi connectivity index (χ4v) is 2.50. The Kier molecular flexibility index (Phi) is 3.80. The summed E-state index contributed by atoms with van der Waals surface area (Å²) in [6, 6.07) is 5.83. The number of phenolic OH excluding ortho intramolecular Hbond substituents is 1. The van der Waals surface area contributed by atoms with E-state index in [1.165, 1.54) is 0 Å². The lowest BCUT2D eigenvalue weighted by atomic mass is 10.1. The van der Waals surface area contributed by atoms with Crippen molar-refractivity contribution in [1.29, 1.82) is 0 Å². The molecule has 2 rings (SSSR count). The van der Waals surface area contributed by atoms with Crippen molar-refractivity contribution in [3.05, 3.63) is 29.3 Å². The van der Waals surface area contributed by atoms with Gasteiger partial charge < -0.3 is 10.0 Å². The molecule has 1 amide bonds. The molecule has 1 aromatic rings. The number of phenols is 1. The van der Waals surface area contributed by atoms with Crippen LogP contribution in [0.25, 0.3) is 0 Å². The first-order valence-electron chi connectivity index (χ1n) is 6.71. The van der Waals surface area contributed by atoms with Crippen LogP contribution in [0.2, 0.25) is 0 Å². The third-order valence-corrected chi connectivity index (χ3v) is 4.10. The number of nitrogens with zero attached hydrogens (tertiary/aromatic N) is 2. The minimum atomic E-state index is 0.00194. The third-order valence-electron chi connectivity index (χ3n) is 4.10. The van der Waals surface area contributed by atoms with Gasteiger partial charge in [0.05, 0.1) is 0 Å². The smallest absolute Gasteiger partial charge is 0.254 e. The minimum absolute atomic E-state index is 0.00194. The summed E-state index contributed by atoms with van der Waals surface area (Å²) in [4.78, 5) is 16.6. The van der Waals surface area contributed by atoms with Gasteiger partial charge >= 0.3 is 0 Å². The molecule has 0 saturated carbocycles. The molecule has 4 nitrogen and oxygen atoms in total. The molecule has 1 fully saturated rings. The highest BCUT2D eigenvalue weighted by atomic mass is 16.3. The van der Waals surface area contributed by atoms with Gasteiger partial charge in [0.1, 0.15) is 5.75 Å². The Morgan fingerprint density at radius 2 is 1.84 bits per heavy atom. The maximum Gasteiger partial charge on any atom is 0.254 e.